The lowest BCUT2D eigenvalue weighted by atomic mass is 10.4. The largest absolute Gasteiger partial charge is 0.480 e. The van der Waals surface area contributed by atoms with Crippen molar-refractivity contribution in [3.05, 3.63) is 0 Å². The van der Waals surface area contributed by atoms with Gasteiger partial charge < -0.3 is 43.4 Å². The van der Waals surface area contributed by atoms with Gasteiger partial charge in [0.05, 0.1) is 0 Å². The SMILES string of the molecule is N[C@@H](CSSC[C@H](N)C(=O)O)C(=O)O.N[C@@H](CSSC[C@H](N)C(=O)O)C(=O)O.O=S. The maximum absolute atomic E-state index is 10.3. The van der Waals surface area contributed by atoms with Gasteiger partial charge in [0.1, 0.15) is 24.2 Å². The molecule has 0 fully saturated rings. The number of hydrogen-bond donors (Lipinski definition) is 8. The Kier molecular flexibility index (Phi) is 24.1. The van der Waals surface area contributed by atoms with E-state index in [1.807, 2.05) is 0 Å². The van der Waals surface area contributed by atoms with Crippen molar-refractivity contribution in [1.82, 2.24) is 0 Å². The summed E-state index contributed by atoms with van der Waals surface area (Å²) < 4.78 is 7.83. The van der Waals surface area contributed by atoms with E-state index in [9.17, 15) is 19.2 Å². The standard InChI is InChI=1S/2C6H12N2O4S2.OS/c2*7-3(5(9)10)1-13-14-2-4(8)6(11)12;1-2/h2*3-4H,1-2,7-8H2,(H,9,10)(H,11,12);/t2*3-,4-;/m00./s1. The zero-order chi connectivity index (χ0) is 24.3. The Balaban J connectivity index is -0.000000448. The molecule has 0 aliphatic carbocycles. The van der Waals surface area contributed by atoms with Gasteiger partial charge in [-0.2, -0.15) is 4.21 Å². The highest BCUT2D eigenvalue weighted by Crippen LogP contribution is 2.22. The van der Waals surface area contributed by atoms with Crippen LogP contribution in [-0.2, 0) is 31.7 Å². The first-order valence-electron chi connectivity index (χ1n) is 7.49. The highest BCUT2D eigenvalue weighted by atomic mass is 33.1. The molecule has 0 saturated heterocycles. The fourth-order valence-corrected chi connectivity index (χ4v) is 5.23. The number of nitrogens with two attached hydrogens (primary N) is 4. The topological polar surface area (TPSA) is 270 Å². The maximum atomic E-state index is 10.3. The van der Waals surface area contributed by atoms with Crippen LogP contribution in [0.1, 0.15) is 0 Å². The Morgan fingerprint density at radius 1 is 0.533 bits per heavy atom. The molecule has 12 N–H and O–H groups in total. The molecule has 0 aromatic rings. The average molecular weight is 529 g/mol. The second-order valence-electron chi connectivity index (χ2n) is 4.92. The monoisotopic (exact) mass is 528 g/mol. The van der Waals surface area contributed by atoms with Crippen LogP contribution in [0.5, 0.6) is 0 Å². The third-order valence-electron chi connectivity index (χ3n) is 2.43. The molecule has 0 aromatic heterocycles. The van der Waals surface area contributed by atoms with Crippen molar-refractivity contribution in [1.29, 1.82) is 0 Å². The predicted molar refractivity (Wildman–Crippen MR) is 120 cm³/mol. The van der Waals surface area contributed by atoms with Gasteiger partial charge in [0.2, 0.25) is 0 Å². The Morgan fingerprint density at radius 2 is 0.667 bits per heavy atom. The number of carboxylic acid groups (broad SMARTS) is 4. The fourth-order valence-electron chi connectivity index (χ4n) is 0.771. The van der Waals surface area contributed by atoms with Gasteiger partial charge in [-0.05, 0) is 0 Å². The van der Waals surface area contributed by atoms with Gasteiger partial charge in [-0.3, -0.25) is 19.2 Å². The molecule has 0 unspecified atom stereocenters. The van der Waals surface area contributed by atoms with Crippen molar-refractivity contribution >= 4 is 79.6 Å². The van der Waals surface area contributed by atoms with Gasteiger partial charge in [0.15, 0.2) is 12.5 Å². The van der Waals surface area contributed by atoms with E-state index in [1.54, 1.807) is 0 Å². The molecule has 0 saturated carbocycles. The molecule has 0 bridgehead atoms. The minimum atomic E-state index is -1.07. The van der Waals surface area contributed by atoms with Crippen LogP contribution in [0.2, 0.25) is 0 Å². The number of carbonyl (C=O) groups is 4. The second-order valence-corrected chi connectivity index (χ2v) is 10.0. The molecule has 0 radical (unpaired) electrons. The van der Waals surface area contributed by atoms with Crippen molar-refractivity contribution in [3.8, 4) is 0 Å². The van der Waals surface area contributed by atoms with Crippen LogP contribution in [0.3, 0.4) is 0 Å². The molecular formula is C12H24N4O9S5. The maximum Gasteiger partial charge on any atom is 0.321 e. The summed E-state index contributed by atoms with van der Waals surface area (Å²) in [4.78, 5) is 41.1. The highest BCUT2D eigenvalue weighted by Gasteiger charge is 2.15. The Bertz CT molecular complexity index is 446. The van der Waals surface area contributed by atoms with Crippen LogP contribution in [-0.4, -0.2) is 95.7 Å². The molecule has 18 heteroatoms. The molecule has 0 amide bonds. The summed E-state index contributed by atoms with van der Waals surface area (Å²) in [7, 11) is 4.81. The van der Waals surface area contributed by atoms with E-state index in [-0.39, 0.29) is 23.0 Å². The van der Waals surface area contributed by atoms with Crippen LogP contribution in [0.25, 0.3) is 0 Å². The lowest BCUT2D eigenvalue weighted by Crippen LogP contribution is -2.33. The zero-order valence-electron chi connectivity index (χ0n) is 15.3. The first-order valence-corrected chi connectivity index (χ1v) is 12.8. The summed E-state index contributed by atoms with van der Waals surface area (Å²) >= 11 is 2.83. The van der Waals surface area contributed by atoms with E-state index in [0.717, 1.165) is 0 Å². The molecule has 4 atom stereocenters. The number of hydrogen-bond acceptors (Lipinski definition) is 14. The van der Waals surface area contributed by atoms with Crippen LogP contribution in [0.4, 0.5) is 0 Å². The third kappa shape index (κ3) is 21.8. The molecule has 0 aromatic carbocycles. The summed E-state index contributed by atoms with van der Waals surface area (Å²) in [5.74, 6) is -3.36. The van der Waals surface area contributed by atoms with Crippen molar-refractivity contribution < 1.29 is 43.8 Å². The summed E-state index contributed by atoms with van der Waals surface area (Å²) in [6.07, 6.45) is 0. The lowest BCUT2D eigenvalue weighted by molar-refractivity contribution is -0.138. The van der Waals surface area contributed by atoms with Crippen molar-refractivity contribution in [2.75, 3.05) is 23.0 Å². The van der Waals surface area contributed by atoms with Gasteiger partial charge in [-0.15, -0.1) is 0 Å². The highest BCUT2D eigenvalue weighted by molar-refractivity contribution is 8.77. The van der Waals surface area contributed by atoms with Crippen LogP contribution in [0, 0.1) is 0 Å². The van der Waals surface area contributed by atoms with Gasteiger partial charge in [0, 0.05) is 23.0 Å². The third-order valence-corrected chi connectivity index (χ3v) is 7.37. The Morgan fingerprint density at radius 3 is 0.767 bits per heavy atom. The van der Waals surface area contributed by atoms with Gasteiger partial charge in [-0.25, -0.2) is 0 Å². The van der Waals surface area contributed by atoms with Crippen LogP contribution in [0.15, 0.2) is 0 Å². The van der Waals surface area contributed by atoms with Gasteiger partial charge in [-0.1, -0.05) is 43.2 Å². The van der Waals surface area contributed by atoms with Crippen molar-refractivity contribution in [2.45, 2.75) is 24.2 Å². The minimum Gasteiger partial charge on any atom is -0.480 e. The van der Waals surface area contributed by atoms with E-state index in [2.05, 4.69) is 12.5 Å². The minimum absolute atomic E-state index is 0.229. The number of carboxylic acids is 4. The molecule has 0 aliphatic rings. The molecule has 0 heterocycles. The Hall–Kier alpha value is -0.860. The van der Waals surface area contributed by atoms with Crippen molar-refractivity contribution in [3.63, 3.8) is 0 Å². The molecule has 0 spiro atoms. The smallest absolute Gasteiger partial charge is 0.321 e. The summed E-state index contributed by atoms with van der Waals surface area (Å²) in [5.41, 5.74) is 20.8. The van der Waals surface area contributed by atoms with Gasteiger partial charge >= 0.3 is 23.9 Å². The second kappa shape index (κ2) is 21.4. The summed E-state index contributed by atoms with van der Waals surface area (Å²) in [6, 6.07) is -3.69. The number of aliphatic carboxylic acids is 4. The van der Waals surface area contributed by atoms with E-state index in [4.69, 9.17) is 47.6 Å². The first-order chi connectivity index (χ1) is 13.9. The number of rotatable bonds is 14. The molecule has 176 valence electrons. The lowest BCUT2D eigenvalue weighted by Gasteiger charge is -2.07. The average Bonchev–Trinajstić information content (AvgIpc) is 2.69. The van der Waals surface area contributed by atoms with E-state index < -0.39 is 48.0 Å². The Labute approximate surface area is 193 Å². The normalized spacial score (nSPS) is 13.9. The molecular weight excluding hydrogens is 504 g/mol. The summed E-state index contributed by atoms with van der Waals surface area (Å²) in [6.45, 7) is 0. The quantitative estimate of drug-likeness (QED) is 0.0897. The van der Waals surface area contributed by atoms with E-state index in [1.165, 1.54) is 43.2 Å². The fraction of sp³-hybridized carbons (Fsp3) is 0.667. The first kappa shape index (κ1) is 33.8. The summed E-state index contributed by atoms with van der Waals surface area (Å²) in [5, 5.41) is 33.6. The zero-order valence-corrected chi connectivity index (χ0v) is 19.4. The van der Waals surface area contributed by atoms with Gasteiger partial charge in [0.25, 0.3) is 0 Å². The van der Waals surface area contributed by atoms with Crippen molar-refractivity contribution in [2.24, 2.45) is 22.9 Å². The molecule has 0 aliphatic heterocycles. The predicted octanol–water partition coefficient (Wildman–Crippen LogP) is -1.95. The van der Waals surface area contributed by atoms with Crippen LogP contribution < -0.4 is 22.9 Å². The molecule has 30 heavy (non-hydrogen) atoms. The molecule has 0 rings (SSSR count). The van der Waals surface area contributed by atoms with E-state index in [0.29, 0.717) is 0 Å². The van der Waals surface area contributed by atoms with E-state index >= 15 is 0 Å². The molecule has 13 nitrogen and oxygen atoms in total. The van der Waals surface area contributed by atoms with Crippen LogP contribution >= 0.6 is 43.2 Å².